The number of hydrogen-bond acceptors (Lipinski definition) is 3. The number of rotatable bonds is 4. The van der Waals surface area contributed by atoms with E-state index in [0.29, 0.717) is 35.9 Å². The lowest BCUT2D eigenvalue weighted by molar-refractivity contribution is -0.132. The fraction of sp³-hybridized carbons (Fsp3) is 0.261. The molecule has 0 fully saturated rings. The van der Waals surface area contributed by atoms with Crippen molar-refractivity contribution in [1.29, 1.82) is 0 Å². The standard InChI is InChI=1S/C23H20Cl2FN5O/c1-13-11-28-23-20(13)15(5-7-27-23)21-18-12-30(19(32)4-6-24)8-9-31(18)29-22(21)16-10-14(25)2-3-17(16)26/h2-3,5,7,10-11H,4,6,8-9,12H2,1H3,(H,27,28). The Balaban J connectivity index is 1.77. The van der Waals surface area contributed by atoms with Crippen molar-refractivity contribution in [3.63, 3.8) is 0 Å². The Bertz CT molecular complexity index is 1350. The molecule has 32 heavy (non-hydrogen) atoms. The van der Waals surface area contributed by atoms with Gasteiger partial charge in [-0.15, -0.1) is 11.6 Å². The molecule has 0 radical (unpaired) electrons. The molecule has 6 nitrogen and oxygen atoms in total. The maximum absolute atomic E-state index is 14.9. The zero-order chi connectivity index (χ0) is 22.4. The summed E-state index contributed by atoms with van der Waals surface area (Å²) in [6.07, 6.45) is 3.89. The van der Waals surface area contributed by atoms with E-state index in [9.17, 15) is 9.18 Å². The van der Waals surface area contributed by atoms with Gasteiger partial charge in [0, 0.05) is 52.8 Å². The number of nitrogens with one attached hydrogen (secondary N) is 1. The van der Waals surface area contributed by atoms with E-state index in [1.807, 2.05) is 23.9 Å². The van der Waals surface area contributed by atoms with Crippen LogP contribution in [0.5, 0.6) is 0 Å². The summed E-state index contributed by atoms with van der Waals surface area (Å²) >= 11 is 12.0. The highest BCUT2D eigenvalue weighted by Crippen LogP contribution is 2.41. The number of aromatic nitrogens is 4. The maximum Gasteiger partial charge on any atom is 0.224 e. The van der Waals surface area contributed by atoms with E-state index < -0.39 is 5.82 Å². The van der Waals surface area contributed by atoms with Gasteiger partial charge in [0.2, 0.25) is 5.91 Å². The van der Waals surface area contributed by atoms with Crippen molar-refractivity contribution in [2.75, 3.05) is 12.4 Å². The Morgan fingerprint density at radius 1 is 1.25 bits per heavy atom. The van der Waals surface area contributed by atoms with Gasteiger partial charge in [-0.25, -0.2) is 9.37 Å². The number of hydrogen-bond donors (Lipinski definition) is 1. The van der Waals surface area contributed by atoms with Gasteiger partial charge in [-0.05, 0) is 42.3 Å². The maximum atomic E-state index is 14.9. The topological polar surface area (TPSA) is 66.8 Å². The second-order valence-corrected chi connectivity index (χ2v) is 8.64. The monoisotopic (exact) mass is 471 g/mol. The lowest BCUT2D eigenvalue weighted by Gasteiger charge is -2.28. The summed E-state index contributed by atoms with van der Waals surface area (Å²) in [5, 5.41) is 6.15. The van der Waals surface area contributed by atoms with Crippen LogP contribution in [0.4, 0.5) is 4.39 Å². The minimum atomic E-state index is -0.405. The van der Waals surface area contributed by atoms with Gasteiger partial charge in [-0.2, -0.15) is 5.10 Å². The summed E-state index contributed by atoms with van der Waals surface area (Å²) in [6.45, 7) is 3.40. The molecule has 1 aromatic carbocycles. The predicted octanol–water partition coefficient (Wildman–Crippen LogP) is 5.17. The number of carbonyl (C=O) groups is 1. The molecular formula is C23H20Cl2FN5O. The largest absolute Gasteiger partial charge is 0.346 e. The molecule has 1 aliphatic rings. The van der Waals surface area contributed by atoms with Gasteiger partial charge in [0.15, 0.2) is 0 Å². The highest BCUT2D eigenvalue weighted by atomic mass is 35.5. The highest BCUT2D eigenvalue weighted by molar-refractivity contribution is 6.30. The quantitative estimate of drug-likeness (QED) is 0.417. The summed E-state index contributed by atoms with van der Waals surface area (Å²) in [5.74, 6) is -0.141. The van der Waals surface area contributed by atoms with Crippen molar-refractivity contribution in [1.82, 2.24) is 24.6 Å². The highest BCUT2D eigenvalue weighted by Gasteiger charge is 2.30. The van der Waals surface area contributed by atoms with Gasteiger partial charge in [0.05, 0.1) is 18.8 Å². The van der Waals surface area contributed by atoms with Crippen molar-refractivity contribution >= 4 is 40.1 Å². The van der Waals surface area contributed by atoms with Gasteiger partial charge in [0.1, 0.15) is 17.2 Å². The van der Waals surface area contributed by atoms with Gasteiger partial charge in [0.25, 0.3) is 0 Å². The fourth-order valence-corrected chi connectivity index (χ4v) is 4.68. The molecule has 0 bridgehead atoms. The minimum absolute atomic E-state index is 0.00779. The predicted molar refractivity (Wildman–Crippen MR) is 123 cm³/mol. The van der Waals surface area contributed by atoms with Crippen LogP contribution in [0.3, 0.4) is 0 Å². The number of pyridine rings is 1. The number of H-pyrrole nitrogens is 1. The van der Waals surface area contributed by atoms with Crippen LogP contribution in [0.1, 0.15) is 17.7 Å². The van der Waals surface area contributed by atoms with Gasteiger partial charge >= 0.3 is 0 Å². The number of nitrogens with zero attached hydrogens (tertiary/aromatic N) is 4. The molecule has 1 aliphatic heterocycles. The molecule has 0 spiro atoms. The molecule has 0 atom stereocenters. The number of fused-ring (bicyclic) bond motifs is 2. The molecular weight excluding hydrogens is 452 g/mol. The minimum Gasteiger partial charge on any atom is -0.346 e. The molecule has 164 valence electrons. The summed E-state index contributed by atoms with van der Waals surface area (Å²) < 4.78 is 16.8. The molecule has 4 heterocycles. The summed E-state index contributed by atoms with van der Waals surface area (Å²) in [6, 6.07) is 6.36. The van der Waals surface area contributed by atoms with Crippen LogP contribution in [0.15, 0.2) is 36.7 Å². The number of aryl methyl sites for hydroxylation is 1. The number of aromatic amines is 1. The van der Waals surface area contributed by atoms with Crippen LogP contribution in [0.2, 0.25) is 5.02 Å². The molecule has 0 saturated heterocycles. The van der Waals surface area contributed by atoms with Gasteiger partial charge in [-0.1, -0.05) is 11.6 Å². The first kappa shape index (κ1) is 21.0. The molecule has 3 aromatic heterocycles. The molecule has 0 saturated carbocycles. The lowest BCUT2D eigenvalue weighted by atomic mass is 9.95. The zero-order valence-electron chi connectivity index (χ0n) is 17.3. The third kappa shape index (κ3) is 3.45. The van der Waals surface area contributed by atoms with Gasteiger partial charge in [-0.3, -0.25) is 9.48 Å². The zero-order valence-corrected chi connectivity index (χ0v) is 18.8. The Hall–Kier alpha value is -2.90. The van der Waals surface area contributed by atoms with Crippen molar-refractivity contribution in [2.24, 2.45) is 0 Å². The van der Waals surface area contributed by atoms with E-state index in [-0.39, 0.29) is 18.2 Å². The third-order valence-corrected chi connectivity index (χ3v) is 6.29. The van der Waals surface area contributed by atoms with Crippen LogP contribution >= 0.6 is 23.2 Å². The second-order valence-electron chi connectivity index (χ2n) is 7.83. The van der Waals surface area contributed by atoms with E-state index in [2.05, 4.69) is 9.97 Å². The first-order chi connectivity index (χ1) is 15.5. The molecule has 5 rings (SSSR count). The van der Waals surface area contributed by atoms with Crippen molar-refractivity contribution in [3.8, 4) is 22.4 Å². The van der Waals surface area contributed by atoms with E-state index in [1.165, 1.54) is 12.1 Å². The number of alkyl halides is 1. The average Bonchev–Trinajstić information content (AvgIpc) is 3.36. The number of carbonyl (C=O) groups excluding carboxylic acids is 1. The molecule has 9 heteroatoms. The van der Waals surface area contributed by atoms with Crippen molar-refractivity contribution < 1.29 is 9.18 Å². The second kappa shape index (κ2) is 8.22. The number of amides is 1. The molecule has 1 amide bonds. The number of benzene rings is 1. The fourth-order valence-electron chi connectivity index (χ4n) is 4.35. The summed E-state index contributed by atoms with van der Waals surface area (Å²) in [7, 11) is 0. The molecule has 0 unspecified atom stereocenters. The molecule has 1 N–H and O–H groups in total. The van der Waals surface area contributed by atoms with E-state index >= 15 is 0 Å². The molecule has 4 aromatic rings. The van der Waals surface area contributed by atoms with Crippen molar-refractivity contribution in [2.45, 2.75) is 26.4 Å². The first-order valence-electron chi connectivity index (χ1n) is 10.3. The normalized spacial score (nSPS) is 13.6. The molecule has 0 aliphatic carbocycles. The number of halogens is 3. The Kier molecular flexibility index (Phi) is 5.39. The smallest absolute Gasteiger partial charge is 0.224 e. The Morgan fingerprint density at radius 2 is 2.09 bits per heavy atom. The van der Waals surface area contributed by atoms with Crippen LogP contribution in [-0.2, 0) is 17.9 Å². The van der Waals surface area contributed by atoms with Crippen LogP contribution in [0.25, 0.3) is 33.4 Å². The van der Waals surface area contributed by atoms with E-state index in [0.717, 1.165) is 33.4 Å². The first-order valence-corrected chi connectivity index (χ1v) is 11.2. The van der Waals surface area contributed by atoms with Crippen LogP contribution < -0.4 is 0 Å². The summed E-state index contributed by atoms with van der Waals surface area (Å²) in [5.41, 5.74) is 5.10. The van der Waals surface area contributed by atoms with E-state index in [4.69, 9.17) is 28.3 Å². The van der Waals surface area contributed by atoms with Crippen LogP contribution in [0, 0.1) is 12.7 Å². The summed E-state index contributed by atoms with van der Waals surface area (Å²) in [4.78, 5) is 22.0. The lowest BCUT2D eigenvalue weighted by Crippen LogP contribution is -2.38. The van der Waals surface area contributed by atoms with Crippen molar-refractivity contribution in [3.05, 3.63) is 58.8 Å². The average molecular weight is 472 g/mol. The Morgan fingerprint density at radius 3 is 2.91 bits per heavy atom. The Labute approximate surface area is 194 Å². The SMILES string of the molecule is Cc1c[nH]c2nccc(-c3c(-c4cc(Cl)ccc4F)nn4c3CN(C(=O)CCCl)CC4)c12. The third-order valence-electron chi connectivity index (χ3n) is 5.86. The van der Waals surface area contributed by atoms with Gasteiger partial charge < -0.3 is 9.88 Å². The van der Waals surface area contributed by atoms with Crippen LogP contribution in [-0.4, -0.2) is 43.0 Å². The van der Waals surface area contributed by atoms with E-state index in [1.54, 1.807) is 17.2 Å².